The maximum Gasteiger partial charge on any atom is 0.261 e. The number of aromatic nitrogens is 2. The molecule has 0 saturated heterocycles. The van der Waals surface area contributed by atoms with Crippen molar-refractivity contribution in [3.8, 4) is 0 Å². The molecular weight excluding hydrogens is 344 g/mol. The van der Waals surface area contributed by atoms with Crippen molar-refractivity contribution in [1.29, 1.82) is 0 Å². The summed E-state index contributed by atoms with van der Waals surface area (Å²) in [6.45, 7) is 2.94. The fourth-order valence-corrected chi connectivity index (χ4v) is 3.36. The van der Waals surface area contributed by atoms with E-state index in [2.05, 4.69) is 14.9 Å². The molecule has 3 aromatic rings. The third-order valence-electron chi connectivity index (χ3n) is 4.82. The largest absolute Gasteiger partial charge is 0.350 e. The molecule has 0 aliphatic carbocycles. The number of rotatable bonds is 4. The average molecular weight is 362 g/mol. The molecule has 0 spiro atoms. The van der Waals surface area contributed by atoms with Gasteiger partial charge in [0.25, 0.3) is 17.7 Å². The summed E-state index contributed by atoms with van der Waals surface area (Å²) >= 11 is 0. The number of fused-ring (bicyclic) bond motifs is 2. The number of nitrogens with one attached hydrogen (secondary N) is 1. The number of carbonyl (C=O) groups excluding carboxylic acids is 3. The Morgan fingerprint density at radius 2 is 1.81 bits per heavy atom. The molecule has 7 heteroatoms. The first-order chi connectivity index (χ1) is 13.0. The topological polar surface area (TPSA) is 84.3 Å². The van der Waals surface area contributed by atoms with Crippen LogP contribution in [0.1, 0.15) is 36.9 Å². The van der Waals surface area contributed by atoms with Gasteiger partial charge in [0.05, 0.1) is 22.2 Å². The Morgan fingerprint density at radius 1 is 1.07 bits per heavy atom. The number of imidazole rings is 1. The number of hydrogen-bond acceptors (Lipinski definition) is 4. The fraction of sp³-hybridized carbons (Fsp3) is 0.200. The second-order valence-corrected chi connectivity index (χ2v) is 6.48. The minimum atomic E-state index is -0.384. The molecule has 0 bridgehead atoms. The second-order valence-electron chi connectivity index (χ2n) is 6.48. The van der Waals surface area contributed by atoms with Crippen molar-refractivity contribution in [2.45, 2.75) is 13.5 Å². The molecule has 1 aliphatic rings. The quantitative estimate of drug-likeness (QED) is 0.720. The number of para-hydroxylation sites is 2. The van der Waals surface area contributed by atoms with Crippen LogP contribution < -0.4 is 5.32 Å². The molecule has 136 valence electrons. The molecule has 3 amide bonds. The van der Waals surface area contributed by atoms with Gasteiger partial charge in [0.1, 0.15) is 5.82 Å². The Bertz CT molecular complexity index is 1100. The first kappa shape index (κ1) is 17.0. The monoisotopic (exact) mass is 362 g/mol. The van der Waals surface area contributed by atoms with E-state index in [1.54, 1.807) is 6.07 Å². The third kappa shape index (κ3) is 2.77. The zero-order valence-electron chi connectivity index (χ0n) is 15.0. The summed E-state index contributed by atoms with van der Waals surface area (Å²) < 4.78 is 2.05. The maximum absolute atomic E-state index is 12.4. The SMILES string of the molecule is Cc1nc2ccccc2n1CCNC(=O)c1ccc2c(c1)C(=O)N(C)C2=O. The number of hydrogen-bond donors (Lipinski definition) is 1. The summed E-state index contributed by atoms with van der Waals surface area (Å²) in [5, 5.41) is 2.86. The van der Waals surface area contributed by atoms with E-state index in [0.717, 1.165) is 21.8 Å². The van der Waals surface area contributed by atoms with Crippen LogP contribution >= 0.6 is 0 Å². The maximum atomic E-state index is 12.4. The summed E-state index contributed by atoms with van der Waals surface area (Å²) in [6.07, 6.45) is 0. The molecule has 27 heavy (non-hydrogen) atoms. The van der Waals surface area contributed by atoms with E-state index >= 15 is 0 Å². The number of nitrogens with zero attached hydrogens (tertiary/aromatic N) is 3. The number of amides is 3. The molecule has 0 unspecified atom stereocenters. The fourth-order valence-electron chi connectivity index (χ4n) is 3.36. The minimum Gasteiger partial charge on any atom is -0.350 e. The second kappa shape index (κ2) is 6.35. The summed E-state index contributed by atoms with van der Waals surface area (Å²) in [5.41, 5.74) is 2.91. The molecule has 0 saturated carbocycles. The van der Waals surface area contributed by atoms with Gasteiger partial charge in [0, 0.05) is 25.7 Å². The average Bonchev–Trinajstić information content (AvgIpc) is 3.11. The molecule has 2 aromatic carbocycles. The molecule has 2 heterocycles. The highest BCUT2D eigenvalue weighted by Gasteiger charge is 2.33. The molecule has 7 nitrogen and oxygen atoms in total. The molecule has 0 fully saturated rings. The number of imide groups is 1. The summed E-state index contributed by atoms with van der Waals surface area (Å²) in [5.74, 6) is -0.126. The van der Waals surface area contributed by atoms with Crippen molar-refractivity contribution < 1.29 is 14.4 Å². The van der Waals surface area contributed by atoms with E-state index in [4.69, 9.17) is 0 Å². The van der Waals surface area contributed by atoms with Crippen molar-refractivity contribution in [2.75, 3.05) is 13.6 Å². The number of carbonyl (C=O) groups is 3. The van der Waals surface area contributed by atoms with E-state index < -0.39 is 0 Å². The Labute approximate surface area is 155 Å². The van der Waals surface area contributed by atoms with Gasteiger partial charge in [0.15, 0.2) is 0 Å². The molecule has 1 N–H and O–H groups in total. The van der Waals surface area contributed by atoms with E-state index in [1.807, 2.05) is 31.2 Å². The lowest BCUT2D eigenvalue weighted by Gasteiger charge is -2.09. The van der Waals surface area contributed by atoms with Crippen LogP contribution in [0.15, 0.2) is 42.5 Å². The van der Waals surface area contributed by atoms with Gasteiger partial charge in [-0.15, -0.1) is 0 Å². The van der Waals surface area contributed by atoms with Crippen molar-refractivity contribution in [2.24, 2.45) is 0 Å². The van der Waals surface area contributed by atoms with Gasteiger partial charge >= 0.3 is 0 Å². The van der Waals surface area contributed by atoms with Crippen LogP contribution in [0.5, 0.6) is 0 Å². The van der Waals surface area contributed by atoms with Crippen LogP contribution in [0.2, 0.25) is 0 Å². The van der Waals surface area contributed by atoms with Crippen molar-refractivity contribution >= 4 is 28.8 Å². The van der Waals surface area contributed by atoms with Gasteiger partial charge in [-0.1, -0.05) is 12.1 Å². The van der Waals surface area contributed by atoms with Crippen LogP contribution in [0.25, 0.3) is 11.0 Å². The predicted molar refractivity (Wildman–Crippen MR) is 99.7 cm³/mol. The van der Waals surface area contributed by atoms with Gasteiger partial charge in [-0.05, 0) is 37.3 Å². The molecule has 1 aliphatic heterocycles. The van der Waals surface area contributed by atoms with Gasteiger partial charge in [0.2, 0.25) is 0 Å². The third-order valence-corrected chi connectivity index (χ3v) is 4.82. The summed E-state index contributed by atoms with van der Waals surface area (Å²) in [6, 6.07) is 12.4. The Balaban J connectivity index is 1.47. The van der Waals surface area contributed by atoms with Crippen LogP contribution in [-0.2, 0) is 6.54 Å². The zero-order chi connectivity index (χ0) is 19.1. The Kier molecular flexibility index (Phi) is 3.99. The van der Waals surface area contributed by atoms with Crippen LogP contribution in [0, 0.1) is 6.92 Å². The first-order valence-corrected chi connectivity index (χ1v) is 8.64. The smallest absolute Gasteiger partial charge is 0.261 e. The Hall–Kier alpha value is -3.48. The highest BCUT2D eigenvalue weighted by atomic mass is 16.2. The molecule has 4 rings (SSSR count). The van der Waals surface area contributed by atoms with Crippen LogP contribution in [-0.4, -0.2) is 45.8 Å². The zero-order valence-corrected chi connectivity index (χ0v) is 15.0. The summed E-state index contributed by atoms with van der Waals surface area (Å²) in [7, 11) is 1.43. The number of aryl methyl sites for hydroxylation is 1. The minimum absolute atomic E-state index is 0.270. The lowest BCUT2D eigenvalue weighted by Crippen LogP contribution is -2.27. The standard InChI is InChI=1S/C20H18N4O3/c1-12-22-16-5-3-4-6-17(16)24(12)10-9-21-18(25)13-7-8-14-15(11-13)20(27)23(2)19(14)26/h3-8,11H,9-10H2,1-2H3,(H,21,25). The highest BCUT2D eigenvalue weighted by molar-refractivity contribution is 6.21. The predicted octanol–water partition coefficient (Wildman–Crippen LogP) is 2.00. The number of benzene rings is 2. The van der Waals surface area contributed by atoms with Gasteiger partial charge in [-0.3, -0.25) is 19.3 Å². The van der Waals surface area contributed by atoms with E-state index in [0.29, 0.717) is 24.2 Å². The van der Waals surface area contributed by atoms with Crippen molar-refractivity contribution in [1.82, 2.24) is 19.8 Å². The lowest BCUT2D eigenvalue weighted by atomic mass is 10.1. The van der Waals surface area contributed by atoms with Crippen molar-refractivity contribution in [3.05, 3.63) is 65.0 Å². The Morgan fingerprint density at radius 3 is 2.63 bits per heavy atom. The molecule has 1 aromatic heterocycles. The molecular formula is C20H18N4O3. The van der Waals surface area contributed by atoms with Crippen LogP contribution in [0.3, 0.4) is 0 Å². The first-order valence-electron chi connectivity index (χ1n) is 8.64. The van der Waals surface area contributed by atoms with Crippen molar-refractivity contribution in [3.63, 3.8) is 0 Å². The highest BCUT2D eigenvalue weighted by Crippen LogP contribution is 2.22. The van der Waals surface area contributed by atoms with Crippen LogP contribution in [0.4, 0.5) is 0 Å². The summed E-state index contributed by atoms with van der Waals surface area (Å²) in [4.78, 5) is 42.0. The molecule has 0 radical (unpaired) electrons. The van der Waals surface area contributed by atoms with Gasteiger partial charge in [-0.2, -0.15) is 0 Å². The van der Waals surface area contributed by atoms with E-state index in [-0.39, 0.29) is 23.3 Å². The van der Waals surface area contributed by atoms with E-state index in [9.17, 15) is 14.4 Å². The van der Waals surface area contributed by atoms with E-state index in [1.165, 1.54) is 19.2 Å². The molecule has 0 atom stereocenters. The van der Waals surface area contributed by atoms with Gasteiger partial charge in [-0.25, -0.2) is 4.98 Å². The lowest BCUT2D eigenvalue weighted by molar-refractivity contribution is 0.0693. The normalized spacial score (nSPS) is 13.3. The van der Waals surface area contributed by atoms with Gasteiger partial charge < -0.3 is 9.88 Å².